The van der Waals surface area contributed by atoms with Gasteiger partial charge in [-0.3, -0.25) is 9.69 Å². The number of morpholine rings is 1. The van der Waals surface area contributed by atoms with Crippen molar-refractivity contribution in [2.24, 2.45) is 0 Å². The number of carbonyl (C=O) groups is 1. The average molecular weight is 382 g/mol. The molecular formula is C20H32ClN3O2. The molecule has 1 aromatic carbocycles. The van der Waals surface area contributed by atoms with E-state index in [-0.39, 0.29) is 12.4 Å². The summed E-state index contributed by atoms with van der Waals surface area (Å²) in [7, 11) is 0. The summed E-state index contributed by atoms with van der Waals surface area (Å²) < 4.78 is 5.42. The fourth-order valence-electron chi connectivity index (χ4n) is 3.72. The van der Waals surface area contributed by atoms with E-state index in [0.29, 0.717) is 18.4 Å². The molecule has 2 aliphatic rings. The lowest BCUT2D eigenvalue weighted by molar-refractivity contribution is -0.133. The predicted molar refractivity (Wildman–Crippen MR) is 107 cm³/mol. The van der Waals surface area contributed by atoms with E-state index in [9.17, 15) is 4.79 Å². The number of aryl methyl sites for hydroxylation is 1. The Hall–Kier alpha value is -1.14. The third-order valence-electron chi connectivity index (χ3n) is 5.26. The summed E-state index contributed by atoms with van der Waals surface area (Å²) in [4.78, 5) is 17.4. The second-order valence-corrected chi connectivity index (χ2v) is 7.03. The summed E-state index contributed by atoms with van der Waals surface area (Å²) in [6.07, 6.45) is 3.63. The van der Waals surface area contributed by atoms with E-state index < -0.39 is 0 Å². The molecule has 0 aromatic heterocycles. The van der Waals surface area contributed by atoms with Crippen LogP contribution in [0.1, 0.15) is 24.8 Å². The summed E-state index contributed by atoms with van der Waals surface area (Å²) >= 11 is 0. The van der Waals surface area contributed by atoms with Crippen molar-refractivity contribution < 1.29 is 9.53 Å². The van der Waals surface area contributed by atoms with Gasteiger partial charge in [-0.1, -0.05) is 30.3 Å². The maximum atomic E-state index is 12.8. The number of rotatable bonds is 8. The van der Waals surface area contributed by atoms with Crippen LogP contribution in [0, 0.1) is 0 Å². The lowest BCUT2D eigenvalue weighted by Gasteiger charge is -2.33. The Balaban J connectivity index is 0.00000243. The predicted octanol–water partition coefficient (Wildman–Crippen LogP) is 1.95. The summed E-state index contributed by atoms with van der Waals surface area (Å²) in [6.45, 7) is 7.37. The fourth-order valence-corrected chi connectivity index (χ4v) is 3.72. The van der Waals surface area contributed by atoms with Gasteiger partial charge in [-0.15, -0.1) is 12.4 Å². The third-order valence-corrected chi connectivity index (χ3v) is 5.26. The number of benzene rings is 1. The van der Waals surface area contributed by atoms with Crippen LogP contribution in [0.2, 0.25) is 0 Å². The zero-order valence-electron chi connectivity index (χ0n) is 15.6. The molecule has 1 aromatic rings. The number of amides is 1. The van der Waals surface area contributed by atoms with Crippen LogP contribution in [-0.2, 0) is 16.0 Å². The molecule has 146 valence electrons. The molecule has 1 unspecified atom stereocenters. The highest BCUT2D eigenvalue weighted by atomic mass is 35.5. The van der Waals surface area contributed by atoms with Crippen molar-refractivity contribution in [2.75, 3.05) is 52.5 Å². The van der Waals surface area contributed by atoms with E-state index >= 15 is 0 Å². The smallest absolute Gasteiger partial charge is 0.222 e. The SMILES string of the molecule is Cl.O=C(CCCc1ccccc1)N(CCN1CCOCC1)C1CCNC1. The molecule has 1 N–H and O–H groups in total. The van der Waals surface area contributed by atoms with Gasteiger partial charge in [0.25, 0.3) is 0 Å². The number of hydrogen-bond donors (Lipinski definition) is 1. The summed E-state index contributed by atoms with van der Waals surface area (Å²) in [5, 5.41) is 3.40. The largest absolute Gasteiger partial charge is 0.379 e. The first-order valence-electron chi connectivity index (χ1n) is 9.67. The van der Waals surface area contributed by atoms with E-state index in [1.807, 2.05) is 6.07 Å². The van der Waals surface area contributed by atoms with Crippen LogP contribution in [0.3, 0.4) is 0 Å². The van der Waals surface area contributed by atoms with Gasteiger partial charge in [-0.25, -0.2) is 0 Å². The van der Waals surface area contributed by atoms with E-state index in [1.165, 1.54) is 5.56 Å². The van der Waals surface area contributed by atoms with E-state index in [1.54, 1.807) is 0 Å². The molecule has 0 bridgehead atoms. The van der Waals surface area contributed by atoms with Crippen molar-refractivity contribution in [3.05, 3.63) is 35.9 Å². The molecule has 0 spiro atoms. The van der Waals surface area contributed by atoms with Crippen LogP contribution >= 0.6 is 12.4 Å². The van der Waals surface area contributed by atoms with Gasteiger partial charge < -0.3 is 15.0 Å². The molecule has 0 aliphatic carbocycles. The molecule has 0 saturated carbocycles. The van der Waals surface area contributed by atoms with Gasteiger partial charge in [-0.2, -0.15) is 0 Å². The van der Waals surface area contributed by atoms with E-state index in [0.717, 1.165) is 71.7 Å². The molecule has 2 fully saturated rings. The van der Waals surface area contributed by atoms with Crippen molar-refractivity contribution in [1.29, 1.82) is 0 Å². The molecule has 0 radical (unpaired) electrons. The zero-order chi connectivity index (χ0) is 17.3. The van der Waals surface area contributed by atoms with Crippen LogP contribution in [0.5, 0.6) is 0 Å². The summed E-state index contributed by atoms with van der Waals surface area (Å²) in [6, 6.07) is 10.8. The number of nitrogens with one attached hydrogen (secondary N) is 1. The molecule has 26 heavy (non-hydrogen) atoms. The number of halogens is 1. The number of nitrogens with zero attached hydrogens (tertiary/aromatic N) is 2. The van der Waals surface area contributed by atoms with Gasteiger partial charge in [0.05, 0.1) is 13.2 Å². The Morgan fingerprint density at radius 1 is 1.23 bits per heavy atom. The first kappa shape index (κ1) is 21.2. The lowest BCUT2D eigenvalue weighted by atomic mass is 10.1. The second-order valence-electron chi connectivity index (χ2n) is 7.03. The molecule has 3 rings (SSSR count). The standard InChI is InChI=1S/C20H31N3O2.ClH/c24-20(8-4-7-18-5-2-1-3-6-18)23(19-9-10-21-17-19)12-11-22-13-15-25-16-14-22;/h1-3,5-6,19,21H,4,7-17H2;1H. The van der Waals surface area contributed by atoms with E-state index in [4.69, 9.17) is 4.74 Å². The minimum absolute atomic E-state index is 0. The van der Waals surface area contributed by atoms with Gasteiger partial charge in [0.2, 0.25) is 5.91 Å². The molecule has 2 aliphatic heterocycles. The highest BCUT2D eigenvalue weighted by Gasteiger charge is 2.26. The normalized spacial score (nSPS) is 20.5. The summed E-state index contributed by atoms with van der Waals surface area (Å²) in [5.41, 5.74) is 1.32. The highest BCUT2D eigenvalue weighted by Crippen LogP contribution is 2.13. The topological polar surface area (TPSA) is 44.8 Å². The minimum Gasteiger partial charge on any atom is -0.379 e. The van der Waals surface area contributed by atoms with Gasteiger partial charge in [0.1, 0.15) is 0 Å². The van der Waals surface area contributed by atoms with Crippen LogP contribution < -0.4 is 5.32 Å². The Morgan fingerprint density at radius 3 is 2.69 bits per heavy atom. The van der Waals surface area contributed by atoms with Gasteiger partial charge in [-0.05, 0) is 31.4 Å². The number of hydrogen-bond acceptors (Lipinski definition) is 4. The average Bonchev–Trinajstić information content (AvgIpc) is 3.18. The van der Waals surface area contributed by atoms with Gasteiger partial charge in [0.15, 0.2) is 0 Å². The van der Waals surface area contributed by atoms with Crippen molar-refractivity contribution in [1.82, 2.24) is 15.1 Å². The van der Waals surface area contributed by atoms with Crippen LogP contribution in [0.15, 0.2) is 30.3 Å². The van der Waals surface area contributed by atoms with Crippen molar-refractivity contribution in [3.8, 4) is 0 Å². The Labute approximate surface area is 163 Å². The summed E-state index contributed by atoms with van der Waals surface area (Å²) in [5.74, 6) is 0.317. The van der Waals surface area contributed by atoms with Crippen molar-refractivity contribution in [2.45, 2.75) is 31.7 Å². The van der Waals surface area contributed by atoms with E-state index in [2.05, 4.69) is 39.4 Å². The Morgan fingerprint density at radius 2 is 2.00 bits per heavy atom. The minimum atomic E-state index is 0. The Kier molecular flexibility index (Phi) is 9.40. The maximum Gasteiger partial charge on any atom is 0.222 e. The fraction of sp³-hybridized carbons (Fsp3) is 0.650. The lowest BCUT2D eigenvalue weighted by Crippen LogP contribution is -2.47. The van der Waals surface area contributed by atoms with Crippen molar-refractivity contribution in [3.63, 3.8) is 0 Å². The van der Waals surface area contributed by atoms with Crippen LogP contribution in [0.25, 0.3) is 0 Å². The molecule has 6 heteroatoms. The quantitative estimate of drug-likeness (QED) is 0.747. The first-order chi connectivity index (χ1) is 12.3. The second kappa shape index (κ2) is 11.5. The first-order valence-corrected chi connectivity index (χ1v) is 9.67. The molecular weight excluding hydrogens is 350 g/mol. The van der Waals surface area contributed by atoms with Crippen LogP contribution in [-0.4, -0.2) is 74.2 Å². The zero-order valence-corrected chi connectivity index (χ0v) is 16.4. The number of carbonyl (C=O) groups excluding carboxylic acids is 1. The highest BCUT2D eigenvalue weighted by molar-refractivity contribution is 5.85. The maximum absolute atomic E-state index is 12.8. The van der Waals surface area contributed by atoms with Gasteiger partial charge in [0, 0.05) is 45.2 Å². The molecule has 2 saturated heterocycles. The molecule has 1 atom stereocenters. The monoisotopic (exact) mass is 381 g/mol. The van der Waals surface area contributed by atoms with Gasteiger partial charge >= 0.3 is 0 Å². The Bertz CT molecular complexity index is 517. The third kappa shape index (κ3) is 6.54. The molecule has 2 heterocycles. The molecule has 5 nitrogen and oxygen atoms in total. The molecule has 1 amide bonds. The van der Waals surface area contributed by atoms with Crippen LogP contribution in [0.4, 0.5) is 0 Å². The van der Waals surface area contributed by atoms with Crippen molar-refractivity contribution >= 4 is 18.3 Å². The number of ether oxygens (including phenoxy) is 1.